The lowest BCUT2D eigenvalue weighted by molar-refractivity contribution is -0.671. The summed E-state index contributed by atoms with van der Waals surface area (Å²) in [5.74, 6) is -0.675. The fraction of sp³-hybridized carbons (Fsp3) is 0.333. The zero-order valence-electron chi connectivity index (χ0n) is 10.9. The SMILES string of the molecule is C/C(=N/O)C(=O)NCCNC(=O)c1cc[n+](C)cc1. The van der Waals surface area contributed by atoms with Gasteiger partial charge in [-0.15, -0.1) is 0 Å². The summed E-state index contributed by atoms with van der Waals surface area (Å²) in [6, 6.07) is 3.41. The summed E-state index contributed by atoms with van der Waals surface area (Å²) in [5.41, 5.74) is 0.527. The Morgan fingerprint density at radius 2 is 1.84 bits per heavy atom. The Hall–Kier alpha value is -2.44. The maximum atomic E-state index is 11.7. The largest absolute Gasteiger partial charge is 0.410 e. The molecule has 1 aromatic rings. The standard InChI is InChI=1S/C12H16N4O3/c1-9(15-19)11(17)13-5-6-14-12(18)10-3-7-16(2)8-4-10/h3-4,7-8H,5-6H2,1-2H3,(H2-,13,14,17,18,19)/p+1. The van der Waals surface area contributed by atoms with Gasteiger partial charge >= 0.3 is 0 Å². The number of carbonyl (C=O) groups is 2. The summed E-state index contributed by atoms with van der Waals surface area (Å²) in [6.45, 7) is 1.94. The van der Waals surface area contributed by atoms with Crippen LogP contribution < -0.4 is 15.2 Å². The van der Waals surface area contributed by atoms with Crippen LogP contribution in [-0.4, -0.2) is 35.8 Å². The molecule has 0 fully saturated rings. The topological polar surface area (TPSA) is 94.7 Å². The third-order valence-corrected chi connectivity index (χ3v) is 2.42. The average molecular weight is 265 g/mol. The van der Waals surface area contributed by atoms with Crippen LogP contribution in [0.25, 0.3) is 0 Å². The van der Waals surface area contributed by atoms with E-state index < -0.39 is 5.91 Å². The molecule has 0 saturated heterocycles. The first-order chi connectivity index (χ1) is 9.04. The highest BCUT2D eigenvalue weighted by atomic mass is 16.4. The van der Waals surface area contributed by atoms with E-state index in [2.05, 4.69) is 15.8 Å². The van der Waals surface area contributed by atoms with E-state index in [9.17, 15) is 9.59 Å². The molecule has 19 heavy (non-hydrogen) atoms. The molecule has 0 aliphatic rings. The lowest BCUT2D eigenvalue weighted by Gasteiger charge is -2.06. The molecule has 0 unspecified atom stereocenters. The van der Waals surface area contributed by atoms with Crippen molar-refractivity contribution in [2.24, 2.45) is 12.2 Å². The zero-order valence-corrected chi connectivity index (χ0v) is 10.9. The molecule has 3 N–H and O–H groups in total. The van der Waals surface area contributed by atoms with Gasteiger partial charge in [0.2, 0.25) is 0 Å². The second-order valence-electron chi connectivity index (χ2n) is 3.95. The Kier molecular flexibility index (Phi) is 5.46. The maximum absolute atomic E-state index is 11.7. The van der Waals surface area contributed by atoms with E-state index in [1.54, 1.807) is 24.5 Å². The van der Waals surface area contributed by atoms with Crippen LogP contribution in [0.4, 0.5) is 0 Å². The van der Waals surface area contributed by atoms with Gasteiger partial charge in [-0.3, -0.25) is 9.59 Å². The summed E-state index contributed by atoms with van der Waals surface area (Å²) in [7, 11) is 1.86. The maximum Gasteiger partial charge on any atom is 0.268 e. The first-order valence-electron chi connectivity index (χ1n) is 5.75. The van der Waals surface area contributed by atoms with Crippen LogP contribution in [0.15, 0.2) is 29.7 Å². The summed E-state index contributed by atoms with van der Waals surface area (Å²) in [4.78, 5) is 22.9. The molecule has 0 aromatic carbocycles. The van der Waals surface area contributed by atoms with Crippen molar-refractivity contribution in [3.05, 3.63) is 30.1 Å². The zero-order chi connectivity index (χ0) is 14.3. The van der Waals surface area contributed by atoms with Gasteiger partial charge in [-0.05, 0) is 6.92 Å². The molecular weight excluding hydrogens is 248 g/mol. The minimum atomic E-state index is -0.469. The van der Waals surface area contributed by atoms with Crippen molar-refractivity contribution in [3.8, 4) is 0 Å². The molecule has 0 saturated carbocycles. The van der Waals surface area contributed by atoms with E-state index in [0.29, 0.717) is 12.1 Å². The first kappa shape index (κ1) is 14.6. The number of amides is 2. The molecule has 102 valence electrons. The molecular formula is C12H17N4O3+. The van der Waals surface area contributed by atoms with Crippen LogP contribution in [0.5, 0.6) is 0 Å². The van der Waals surface area contributed by atoms with Gasteiger partial charge in [0, 0.05) is 25.2 Å². The first-order valence-corrected chi connectivity index (χ1v) is 5.75. The lowest BCUT2D eigenvalue weighted by Crippen LogP contribution is -2.37. The van der Waals surface area contributed by atoms with Gasteiger partial charge in [0.1, 0.15) is 12.8 Å². The van der Waals surface area contributed by atoms with Crippen molar-refractivity contribution >= 4 is 17.5 Å². The molecule has 0 spiro atoms. The monoisotopic (exact) mass is 265 g/mol. The van der Waals surface area contributed by atoms with E-state index in [4.69, 9.17) is 5.21 Å². The van der Waals surface area contributed by atoms with Crippen molar-refractivity contribution in [3.63, 3.8) is 0 Å². The molecule has 1 rings (SSSR count). The number of pyridine rings is 1. The minimum absolute atomic E-state index is 0.0260. The van der Waals surface area contributed by atoms with Gasteiger partial charge in [-0.1, -0.05) is 5.16 Å². The van der Waals surface area contributed by atoms with Gasteiger partial charge in [0.15, 0.2) is 12.4 Å². The van der Waals surface area contributed by atoms with Crippen LogP contribution in [0.2, 0.25) is 0 Å². The molecule has 1 aromatic heterocycles. The number of hydrogen-bond acceptors (Lipinski definition) is 4. The number of nitrogens with zero attached hydrogens (tertiary/aromatic N) is 2. The summed E-state index contributed by atoms with van der Waals surface area (Å²) < 4.78 is 1.83. The van der Waals surface area contributed by atoms with Crippen LogP contribution in [0.1, 0.15) is 17.3 Å². The normalized spacial score (nSPS) is 10.9. The molecule has 7 heteroatoms. The highest BCUT2D eigenvalue weighted by Gasteiger charge is 2.07. The van der Waals surface area contributed by atoms with Crippen LogP contribution in [-0.2, 0) is 11.8 Å². The third kappa shape index (κ3) is 4.74. The number of carbonyl (C=O) groups excluding carboxylic acids is 2. The Morgan fingerprint density at radius 3 is 2.42 bits per heavy atom. The van der Waals surface area contributed by atoms with Crippen molar-refractivity contribution in [1.29, 1.82) is 0 Å². The Morgan fingerprint density at radius 1 is 1.26 bits per heavy atom. The predicted octanol–water partition coefficient (Wildman–Crippen LogP) is -0.793. The van der Waals surface area contributed by atoms with Crippen molar-refractivity contribution in [2.75, 3.05) is 13.1 Å². The molecule has 0 aliphatic heterocycles. The van der Waals surface area contributed by atoms with Crippen molar-refractivity contribution in [1.82, 2.24) is 10.6 Å². The minimum Gasteiger partial charge on any atom is -0.410 e. The summed E-state index contributed by atoms with van der Waals surface area (Å²) in [5, 5.41) is 16.3. The Balaban J connectivity index is 2.32. The van der Waals surface area contributed by atoms with Crippen LogP contribution in [0, 0.1) is 0 Å². The third-order valence-electron chi connectivity index (χ3n) is 2.42. The number of aromatic nitrogens is 1. The molecule has 7 nitrogen and oxygen atoms in total. The summed E-state index contributed by atoms with van der Waals surface area (Å²) >= 11 is 0. The number of rotatable bonds is 5. The van der Waals surface area contributed by atoms with Gasteiger partial charge in [-0.2, -0.15) is 0 Å². The highest BCUT2D eigenvalue weighted by molar-refractivity contribution is 6.37. The van der Waals surface area contributed by atoms with Crippen molar-refractivity contribution < 1.29 is 19.4 Å². The number of nitrogens with one attached hydrogen (secondary N) is 2. The van der Waals surface area contributed by atoms with Gasteiger partial charge in [0.05, 0.1) is 5.56 Å². The van der Waals surface area contributed by atoms with E-state index in [1.807, 2.05) is 11.6 Å². The highest BCUT2D eigenvalue weighted by Crippen LogP contribution is 1.93. The number of aryl methyl sites for hydroxylation is 1. The van der Waals surface area contributed by atoms with Crippen molar-refractivity contribution in [2.45, 2.75) is 6.92 Å². The second kappa shape index (κ2) is 7.10. The Bertz CT molecular complexity index is 482. The van der Waals surface area contributed by atoms with E-state index in [-0.39, 0.29) is 18.2 Å². The Labute approximate surface area is 110 Å². The van der Waals surface area contributed by atoms with E-state index >= 15 is 0 Å². The molecule has 0 atom stereocenters. The van der Waals surface area contributed by atoms with Crippen LogP contribution in [0.3, 0.4) is 0 Å². The molecule has 1 heterocycles. The van der Waals surface area contributed by atoms with E-state index in [1.165, 1.54) is 6.92 Å². The average Bonchev–Trinajstić information content (AvgIpc) is 2.42. The molecule has 0 radical (unpaired) electrons. The fourth-order valence-electron chi connectivity index (χ4n) is 1.28. The number of oxime groups is 1. The smallest absolute Gasteiger partial charge is 0.268 e. The quantitative estimate of drug-likeness (QED) is 0.214. The number of hydrogen-bond donors (Lipinski definition) is 3. The lowest BCUT2D eigenvalue weighted by atomic mass is 10.2. The van der Waals surface area contributed by atoms with Gasteiger partial charge in [-0.25, -0.2) is 4.57 Å². The van der Waals surface area contributed by atoms with E-state index in [0.717, 1.165) is 0 Å². The van der Waals surface area contributed by atoms with Gasteiger partial charge < -0.3 is 15.8 Å². The molecule has 0 bridgehead atoms. The summed E-state index contributed by atoms with van der Waals surface area (Å²) in [6.07, 6.45) is 3.55. The second-order valence-corrected chi connectivity index (χ2v) is 3.95. The molecule has 2 amide bonds. The predicted molar refractivity (Wildman–Crippen MR) is 67.9 cm³/mol. The fourth-order valence-corrected chi connectivity index (χ4v) is 1.28. The molecule has 0 aliphatic carbocycles. The van der Waals surface area contributed by atoms with Gasteiger partial charge in [0.25, 0.3) is 11.8 Å². The van der Waals surface area contributed by atoms with Crippen LogP contribution >= 0.6 is 0 Å².